The minimum Gasteiger partial charge on any atom is -0.393 e. The number of carbonyl (C=O) groups is 1. The molecule has 100 valence electrons. The van der Waals surface area contributed by atoms with E-state index in [0.717, 1.165) is 25.7 Å². The Bertz CT molecular complexity index is 248. The van der Waals surface area contributed by atoms with E-state index in [1.54, 1.807) is 7.11 Å². The van der Waals surface area contributed by atoms with Gasteiger partial charge in [-0.15, -0.1) is 0 Å². The minimum absolute atomic E-state index is 0.156. The molecule has 5 nitrogen and oxygen atoms in total. The first-order valence-corrected chi connectivity index (χ1v) is 6.20. The first-order valence-electron chi connectivity index (χ1n) is 6.20. The molecule has 0 spiro atoms. The van der Waals surface area contributed by atoms with E-state index in [4.69, 9.17) is 4.74 Å². The predicted molar refractivity (Wildman–Crippen MR) is 65.9 cm³/mol. The molecule has 0 aromatic carbocycles. The van der Waals surface area contributed by atoms with E-state index in [1.165, 1.54) is 0 Å². The molecular weight excluding hydrogens is 220 g/mol. The second kappa shape index (κ2) is 6.21. The monoisotopic (exact) mass is 244 g/mol. The van der Waals surface area contributed by atoms with Crippen LogP contribution >= 0.6 is 0 Å². The molecule has 0 aliphatic heterocycles. The molecule has 0 aromatic rings. The van der Waals surface area contributed by atoms with Crippen LogP contribution in [0.5, 0.6) is 0 Å². The van der Waals surface area contributed by atoms with Crippen LogP contribution in [0.25, 0.3) is 0 Å². The van der Waals surface area contributed by atoms with Gasteiger partial charge in [0.05, 0.1) is 11.7 Å². The second-order valence-corrected chi connectivity index (χ2v) is 5.30. The number of nitrogens with one attached hydrogen (secondary N) is 2. The van der Waals surface area contributed by atoms with Crippen molar-refractivity contribution < 1.29 is 14.6 Å². The van der Waals surface area contributed by atoms with Crippen molar-refractivity contribution in [2.24, 2.45) is 0 Å². The molecule has 5 heteroatoms. The molecule has 1 aliphatic carbocycles. The van der Waals surface area contributed by atoms with Crippen LogP contribution in [-0.4, -0.2) is 42.5 Å². The molecule has 0 radical (unpaired) electrons. The summed E-state index contributed by atoms with van der Waals surface area (Å²) in [5.41, 5.74) is -0.347. The summed E-state index contributed by atoms with van der Waals surface area (Å²) < 4.78 is 5.22. The normalized spacial score (nSPS) is 25.4. The Hall–Kier alpha value is -0.810. The van der Waals surface area contributed by atoms with Crippen LogP contribution in [0, 0.1) is 0 Å². The molecule has 17 heavy (non-hydrogen) atoms. The van der Waals surface area contributed by atoms with Crippen molar-refractivity contribution >= 4 is 6.03 Å². The summed E-state index contributed by atoms with van der Waals surface area (Å²) in [6.07, 6.45) is 3.05. The van der Waals surface area contributed by atoms with E-state index >= 15 is 0 Å². The zero-order valence-electron chi connectivity index (χ0n) is 11.0. The van der Waals surface area contributed by atoms with Crippen molar-refractivity contribution in [2.45, 2.75) is 57.3 Å². The lowest BCUT2D eigenvalue weighted by atomic mass is 9.93. The van der Waals surface area contributed by atoms with Gasteiger partial charge in [-0.3, -0.25) is 0 Å². The molecular formula is C12H24N2O3. The van der Waals surface area contributed by atoms with Gasteiger partial charge >= 0.3 is 6.03 Å². The lowest BCUT2D eigenvalue weighted by molar-refractivity contribution is 0.0252. The third kappa shape index (κ3) is 5.37. The standard InChI is InChI=1S/C12H24N2O3/c1-12(2,17-3)8-13-11(16)14-9-4-6-10(15)7-5-9/h9-10,15H,4-8H2,1-3H3,(H2,13,14,16). The summed E-state index contributed by atoms with van der Waals surface area (Å²) in [6, 6.07) is 0.0283. The quantitative estimate of drug-likeness (QED) is 0.691. The first kappa shape index (κ1) is 14.3. The molecule has 0 bridgehead atoms. The number of amides is 2. The Morgan fingerprint density at radius 1 is 1.35 bits per heavy atom. The summed E-state index contributed by atoms with van der Waals surface area (Å²) in [4.78, 5) is 11.6. The largest absolute Gasteiger partial charge is 0.393 e. The molecule has 0 aromatic heterocycles. The topological polar surface area (TPSA) is 70.6 Å². The van der Waals surface area contributed by atoms with E-state index in [0.29, 0.717) is 6.54 Å². The van der Waals surface area contributed by atoms with Crippen LogP contribution in [0.2, 0.25) is 0 Å². The van der Waals surface area contributed by atoms with Gasteiger partial charge in [-0.1, -0.05) is 0 Å². The van der Waals surface area contributed by atoms with Crippen molar-refractivity contribution in [3.63, 3.8) is 0 Å². The molecule has 3 N–H and O–H groups in total. The number of aliphatic hydroxyl groups excluding tert-OH is 1. The number of ether oxygens (including phenoxy) is 1. The Morgan fingerprint density at radius 3 is 2.47 bits per heavy atom. The maximum atomic E-state index is 11.6. The zero-order chi connectivity index (χ0) is 12.9. The van der Waals surface area contributed by atoms with E-state index < -0.39 is 0 Å². The maximum Gasteiger partial charge on any atom is 0.315 e. The van der Waals surface area contributed by atoms with E-state index in [-0.39, 0.29) is 23.8 Å². The van der Waals surface area contributed by atoms with Gasteiger partial charge in [0.15, 0.2) is 0 Å². The molecule has 0 heterocycles. The van der Waals surface area contributed by atoms with Crippen molar-refractivity contribution in [1.29, 1.82) is 0 Å². The summed E-state index contributed by atoms with van der Waals surface area (Å²) in [6.45, 7) is 4.32. The number of urea groups is 1. The Labute approximate surface area is 103 Å². The van der Waals surface area contributed by atoms with E-state index in [1.807, 2.05) is 13.8 Å². The Kier molecular flexibility index (Phi) is 5.21. The molecule has 1 saturated carbocycles. The smallest absolute Gasteiger partial charge is 0.315 e. The number of carbonyl (C=O) groups excluding carboxylic acids is 1. The summed E-state index contributed by atoms with van der Waals surface area (Å²) >= 11 is 0. The lowest BCUT2D eigenvalue weighted by Crippen LogP contribution is -2.48. The summed E-state index contributed by atoms with van der Waals surface area (Å²) in [5, 5.41) is 15.1. The fourth-order valence-electron chi connectivity index (χ4n) is 1.82. The van der Waals surface area contributed by atoms with Crippen molar-refractivity contribution in [3.8, 4) is 0 Å². The number of hydrogen-bond acceptors (Lipinski definition) is 3. The fraction of sp³-hybridized carbons (Fsp3) is 0.917. The molecule has 0 saturated heterocycles. The van der Waals surface area contributed by atoms with Gasteiger partial charge < -0.3 is 20.5 Å². The molecule has 1 fully saturated rings. The van der Waals surface area contributed by atoms with Crippen LogP contribution < -0.4 is 10.6 Å². The van der Waals surface area contributed by atoms with Gasteiger partial charge in [0.1, 0.15) is 0 Å². The lowest BCUT2D eigenvalue weighted by Gasteiger charge is -2.27. The zero-order valence-corrected chi connectivity index (χ0v) is 11.0. The first-order chi connectivity index (χ1) is 7.93. The summed E-state index contributed by atoms with van der Waals surface area (Å²) in [5.74, 6) is 0. The molecule has 0 atom stereocenters. The number of hydrogen-bond donors (Lipinski definition) is 3. The van der Waals surface area contributed by atoms with Gasteiger partial charge in [-0.05, 0) is 39.5 Å². The highest BCUT2D eigenvalue weighted by Gasteiger charge is 2.22. The van der Waals surface area contributed by atoms with Crippen LogP contribution in [0.3, 0.4) is 0 Å². The van der Waals surface area contributed by atoms with Crippen LogP contribution in [-0.2, 0) is 4.74 Å². The van der Waals surface area contributed by atoms with E-state index in [2.05, 4.69) is 10.6 Å². The average Bonchev–Trinajstić information content (AvgIpc) is 2.30. The van der Waals surface area contributed by atoms with Crippen LogP contribution in [0.15, 0.2) is 0 Å². The highest BCUT2D eigenvalue weighted by atomic mass is 16.5. The Morgan fingerprint density at radius 2 is 1.94 bits per heavy atom. The SMILES string of the molecule is COC(C)(C)CNC(=O)NC1CCC(O)CC1. The van der Waals surface area contributed by atoms with E-state index in [9.17, 15) is 9.90 Å². The highest BCUT2D eigenvalue weighted by molar-refractivity contribution is 5.74. The third-order valence-corrected chi connectivity index (χ3v) is 3.26. The van der Waals surface area contributed by atoms with Gasteiger partial charge in [0.25, 0.3) is 0 Å². The van der Waals surface area contributed by atoms with Gasteiger partial charge in [-0.2, -0.15) is 0 Å². The van der Waals surface area contributed by atoms with Crippen molar-refractivity contribution in [2.75, 3.05) is 13.7 Å². The van der Waals surface area contributed by atoms with Crippen molar-refractivity contribution in [3.05, 3.63) is 0 Å². The van der Waals surface area contributed by atoms with Gasteiger partial charge in [0.2, 0.25) is 0 Å². The fourth-order valence-corrected chi connectivity index (χ4v) is 1.82. The third-order valence-electron chi connectivity index (χ3n) is 3.26. The Balaban J connectivity index is 2.21. The molecule has 1 rings (SSSR count). The maximum absolute atomic E-state index is 11.6. The average molecular weight is 244 g/mol. The van der Waals surface area contributed by atoms with Gasteiger partial charge in [0, 0.05) is 19.7 Å². The second-order valence-electron chi connectivity index (χ2n) is 5.30. The number of methoxy groups -OCH3 is 1. The molecule has 2 amide bonds. The van der Waals surface area contributed by atoms with Gasteiger partial charge in [-0.25, -0.2) is 4.79 Å². The molecule has 1 aliphatic rings. The highest BCUT2D eigenvalue weighted by Crippen LogP contribution is 2.18. The van der Waals surface area contributed by atoms with Crippen molar-refractivity contribution in [1.82, 2.24) is 10.6 Å². The van der Waals surface area contributed by atoms with Crippen LogP contribution in [0.1, 0.15) is 39.5 Å². The number of rotatable bonds is 4. The number of aliphatic hydroxyl groups is 1. The van der Waals surface area contributed by atoms with Crippen LogP contribution in [0.4, 0.5) is 4.79 Å². The molecule has 0 unspecified atom stereocenters. The predicted octanol–water partition coefficient (Wildman–Crippen LogP) is 1.01. The minimum atomic E-state index is -0.347. The summed E-state index contributed by atoms with van der Waals surface area (Å²) in [7, 11) is 1.63.